The average molecular weight is 222 g/mol. The summed E-state index contributed by atoms with van der Waals surface area (Å²) >= 11 is 0. The van der Waals surface area contributed by atoms with Gasteiger partial charge in [0, 0.05) is 17.9 Å². The van der Waals surface area contributed by atoms with Crippen LogP contribution < -0.4 is 4.90 Å². The summed E-state index contributed by atoms with van der Waals surface area (Å²) in [5.74, 6) is 0. The highest BCUT2D eigenvalue weighted by Gasteiger charge is 2.05. The van der Waals surface area contributed by atoms with E-state index in [9.17, 15) is 0 Å². The molecule has 0 N–H and O–H groups in total. The number of hydrogen-bond donors (Lipinski definition) is 0. The van der Waals surface area contributed by atoms with Crippen LogP contribution in [-0.4, -0.2) is 6.54 Å². The molecule has 1 nitrogen and oxygen atoms in total. The van der Waals surface area contributed by atoms with Crippen LogP contribution in [0.2, 0.25) is 0 Å². The lowest BCUT2D eigenvalue weighted by atomic mass is 10.2. The predicted molar refractivity (Wildman–Crippen MR) is 74.3 cm³/mol. The molecule has 0 atom stereocenters. The Bertz CT molecular complexity index is 471. The molecular formula is C16H16N. The Kier molecular flexibility index (Phi) is 3.61. The highest BCUT2D eigenvalue weighted by molar-refractivity contribution is 5.64. The first kappa shape index (κ1) is 11.5. The second-order valence-corrected chi connectivity index (χ2v) is 3.84. The minimum Gasteiger partial charge on any atom is -0.342 e. The van der Waals surface area contributed by atoms with Gasteiger partial charge < -0.3 is 4.90 Å². The van der Waals surface area contributed by atoms with Crippen LogP contribution in [0, 0.1) is 6.58 Å². The Morgan fingerprint density at radius 1 is 0.941 bits per heavy atom. The molecular weight excluding hydrogens is 206 g/mol. The summed E-state index contributed by atoms with van der Waals surface area (Å²) < 4.78 is 0. The zero-order valence-corrected chi connectivity index (χ0v) is 10.0. The minimum atomic E-state index is 0.940. The molecule has 2 aromatic rings. The maximum atomic E-state index is 5.48. The fraction of sp³-hybridized carbons (Fsp3) is 0.125. The topological polar surface area (TPSA) is 3.24 Å². The monoisotopic (exact) mass is 222 g/mol. The molecule has 1 heteroatoms. The number of benzene rings is 2. The zero-order chi connectivity index (χ0) is 12.1. The first-order valence-electron chi connectivity index (χ1n) is 5.82. The van der Waals surface area contributed by atoms with Crippen LogP contribution in [0.15, 0.2) is 54.6 Å². The first-order valence-corrected chi connectivity index (χ1v) is 5.82. The summed E-state index contributed by atoms with van der Waals surface area (Å²) in [6.07, 6.45) is 1.61. The molecule has 0 unspecified atom stereocenters. The molecule has 17 heavy (non-hydrogen) atoms. The van der Waals surface area contributed by atoms with Gasteiger partial charge in [0.15, 0.2) is 0 Å². The third-order valence-corrected chi connectivity index (χ3v) is 2.78. The van der Waals surface area contributed by atoms with Gasteiger partial charge in [0.25, 0.3) is 0 Å². The second-order valence-electron chi connectivity index (χ2n) is 3.84. The van der Waals surface area contributed by atoms with E-state index in [0.29, 0.717) is 0 Å². The predicted octanol–water partition coefficient (Wildman–Crippen LogP) is 4.29. The fourth-order valence-electron chi connectivity index (χ4n) is 1.89. The van der Waals surface area contributed by atoms with Crippen molar-refractivity contribution in [2.45, 2.75) is 6.92 Å². The number of hydrogen-bond acceptors (Lipinski definition) is 1. The lowest BCUT2D eigenvalue weighted by Crippen LogP contribution is -2.15. The van der Waals surface area contributed by atoms with Crippen LogP contribution in [0.5, 0.6) is 0 Å². The number of anilines is 2. The molecule has 0 saturated carbocycles. The molecule has 1 radical (unpaired) electrons. The maximum absolute atomic E-state index is 5.48. The van der Waals surface area contributed by atoms with Gasteiger partial charge in [-0.3, -0.25) is 0 Å². The molecule has 0 fully saturated rings. The van der Waals surface area contributed by atoms with Crippen molar-refractivity contribution in [1.82, 2.24) is 0 Å². The first-order chi connectivity index (χ1) is 8.35. The van der Waals surface area contributed by atoms with Gasteiger partial charge in [-0.15, -0.1) is 0 Å². The lowest BCUT2D eigenvalue weighted by molar-refractivity contribution is 1.02. The molecule has 0 heterocycles. The van der Waals surface area contributed by atoms with Gasteiger partial charge in [-0.2, -0.15) is 0 Å². The van der Waals surface area contributed by atoms with Gasteiger partial charge in [-0.1, -0.05) is 43.0 Å². The molecule has 85 valence electrons. The van der Waals surface area contributed by atoms with E-state index in [-0.39, 0.29) is 0 Å². The van der Waals surface area contributed by atoms with E-state index in [1.54, 1.807) is 6.08 Å². The van der Waals surface area contributed by atoms with Crippen molar-refractivity contribution < 1.29 is 0 Å². The maximum Gasteiger partial charge on any atom is 0.0411 e. The molecule has 0 aliphatic heterocycles. The third kappa shape index (κ3) is 2.56. The van der Waals surface area contributed by atoms with Crippen LogP contribution in [0.1, 0.15) is 12.5 Å². The quantitative estimate of drug-likeness (QED) is 0.746. The standard InChI is InChI=1S/C16H16N/c1-3-14-10-12-16(13-11-14)17(4-2)15-8-6-5-7-9-15/h1,3,5-13H,4H2,2H3. The summed E-state index contributed by atoms with van der Waals surface area (Å²) in [4.78, 5) is 2.26. The summed E-state index contributed by atoms with van der Waals surface area (Å²) in [5.41, 5.74) is 3.43. The minimum absolute atomic E-state index is 0.940. The van der Waals surface area contributed by atoms with Gasteiger partial charge in [-0.25, -0.2) is 0 Å². The van der Waals surface area contributed by atoms with Gasteiger partial charge in [0.05, 0.1) is 0 Å². The van der Waals surface area contributed by atoms with Gasteiger partial charge in [-0.05, 0) is 36.8 Å². The summed E-state index contributed by atoms with van der Waals surface area (Å²) in [6, 6.07) is 18.6. The van der Waals surface area contributed by atoms with E-state index >= 15 is 0 Å². The fourth-order valence-corrected chi connectivity index (χ4v) is 1.89. The van der Waals surface area contributed by atoms with Crippen LogP contribution in [0.25, 0.3) is 6.08 Å². The highest BCUT2D eigenvalue weighted by atomic mass is 15.1. The van der Waals surface area contributed by atoms with E-state index in [4.69, 9.17) is 6.58 Å². The van der Waals surface area contributed by atoms with Gasteiger partial charge in [0.2, 0.25) is 0 Å². The lowest BCUT2D eigenvalue weighted by Gasteiger charge is -2.23. The smallest absolute Gasteiger partial charge is 0.0411 e. The van der Waals surface area contributed by atoms with Crippen LogP contribution in [-0.2, 0) is 0 Å². The van der Waals surface area contributed by atoms with Crippen molar-refractivity contribution in [1.29, 1.82) is 0 Å². The number of para-hydroxylation sites is 1. The van der Waals surface area contributed by atoms with Crippen LogP contribution in [0.4, 0.5) is 11.4 Å². The van der Waals surface area contributed by atoms with Crippen molar-refractivity contribution >= 4 is 17.5 Å². The molecule has 2 aromatic carbocycles. The Morgan fingerprint density at radius 3 is 2.06 bits per heavy atom. The van der Waals surface area contributed by atoms with E-state index in [0.717, 1.165) is 12.1 Å². The van der Waals surface area contributed by atoms with Crippen molar-refractivity contribution in [3.05, 3.63) is 66.7 Å². The molecule has 0 aromatic heterocycles. The average Bonchev–Trinajstić information content (AvgIpc) is 2.42. The highest BCUT2D eigenvalue weighted by Crippen LogP contribution is 2.24. The van der Waals surface area contributed by atoms with Gasteiger partial charge in [0.1, 0.15) is 0 Å². The third-order valence-electron chi connectivity index (χ3n) is 2.78. The van der Waals surface area contributed by atoms with Crippen molar-refractivity contribution in [3.63, 3.8) is 0 Å². The summed E-state index contributed by atoms with van der Waals surface area (Å²) in [7, 11) is 0. The Balaban J connectivity index is 2.32. The SMILES string of the molecule is [CH]=Cc1ccc(N(CC)c2ccccc2)cc1. The number of rotatable bonds is 4. The van der Waals surface area contributed by atoms with Crippen molar-refractivity contribution in [2.75, 3.05) is 11.4 Å². The van der Waals surface area contributed by atoms with Crippen LogP contribution in [0.3, 0.4) is 0 Å². The van der Waals surface area contributed by atoms with E-state index < -0.39 is 0 Å². The Hall–Kier alpha value is -2.02. The van der Waals surface area contributed by atoms with Gasteiger partial charge >= 0.3 is 0 Å². The van der Waals surface area contributed by atoms with E-state index in [1.165, 1.54) is 11.4 Å². The van der Waals surface area contributed by atoms with Crippen LogP contribution >= 0.6 is 0 Å². The summed E-state index contributed by atoms with van der Waals surface area (Å²) in [5, 5.41) is 0. The Morgan fingerprint density at radius 2 is 1.53 bits per heavy atom. The molecule has 0 saturated heterocycles. The molecule has 0 bridgehead atoms. The summed E-state index contributed by atoms with van der Waals surface area (Å²) in [6.45, 7) is 8.57. The van der Waals surface area contributed by atoms with Crippen molar-refractivity contribution in [3.8, 4) is 0 Å². The molecule has 2 rings (SSSR count). The zero-order valence-electron chi connectivity index (χ0n) is 10.0. The molecule has 0 amide bonds. The van der Waals surface area contributed by atoms with E-state index in [2.05, 4.69) is 48.2 Å². The molecule has 0 aliphatic carbocycles. The normalized spacial score (nSPS) is 9.94. The molecule has 0 spiro atoms. The van der Waals surface area contributed by atoms with E-state index in [1.807, 2.05) is 18.2 Å². The second kappa shape index (κ2) is 5.35. The van der Waals surface area contributed by atoms with Crippen molar-refractivity contribution in [2.24, 2.45) is 0 Å². The number of nitrogens with zero attached hydrogens (tertiary/aromatic N) is 1. The Labute approximate surface area is 103 Å². The largest absolute Gasteiger partial charge is 0.342 e. The molecule has 0 aliphatic rings.